The Balaban J connectivity index is 2.79. The Labute approximate surface area is 93.6 Å². The SMILES string of the molecule is COc1ccc(C[C@@H](C)C(=O)O)cc1Cl. The highest BCUT2D eigenvalue weighted by Gasteiger charge is 2.12. The first-order valence-corrected chi connectivity index (χ1v) is 4.97. The van der Waals surface area contributed by atoms with Crippen molar-refractivity contribution in [2.75, 3.05) is 7.11 Å². The van der Waals surface area contributed by atoms with Gasteiger partial charge in [0.25, 0.3) is 0 Å². The van der Waals surface area contributed by atoms with Crippen molar-refractivity contribution in [2.24, 2.45) is 5.92 Å². The number of aliphatic carboxylic acids is 1. The molecule has 0 saturated heterocycles. The van der Waals surface area contributed by atoms with Crippen LogP contribution in [0.3, 0.4) is 0 Å². The number of benzene rings is 1. The van der Waals surface area contributed by atoms with Crippen LogP contribution in [0, 0.1) is 5.92 Å². The number of ether oxygens (including phenoxy) is 1. The summed E-state index contributed by atoms with van der Waals surface area (Å²) in [6.07, 6.45) is 0.471. The number of halogens is 1. The molecule has 1 atom stereocenters. The molecule has 0 spiro atoms. The standard InChI is InChI=1S/C11H13ClO3/c1-7(11(13)14)5-8-3-4-10(15-2)9(12)6-8/h3-4,6-7H,5H2,1-2H3,(H,13,14)/t7-/m1/s1. The Hall–Kier alpha value is -1.22. The maximum Gasteiger partial charge on any atom is 0.306 e. The van der Waals surface area contributed by atoms with Crippen LogP contribution in [0.1, 0.15) is 12.5 Å². The van der Waals surface area contributed by atoms with Crippen LogP contribution >= 0.6 is 11.6 Å². The Morgan fingerprint density at radius 1 is 1.60 bits per heavy atom. The normalized spacial score (nSPS) is 12.2. The summed E-state index contributed by atoms with van der Waals surface area (Å²) in [5.74, 6) is -0.611. The lowest BCUT2D eigenvalue weighted by atomic mass is 10.0. The molecule has 82 valence electrons. The zero-order chi connectivity index (χ0) is 11.4. The first kappa shape index (κ1) is 11.9. The summed E-state index contributed by atoms with van der Waals surface area (Å²) < 4.78 is 5.00. The van der Waals surface area contributed by atoms with Gasteiger partial charge >= 0.3 is 5.97 Å². The highest BCUT2D eigenvalue weighted by molar-refractivity contribution is 6.32. The van der Waals surface area contributed by atoms with Gasteiger partial charge in [-0.2, -0.15) is 0 Å². The van der Waals surface area contributed by atoms with Gasteiger partial charge in [0.05, 0.1) is 18.1 Å². The molecule has 1 rings (SSSR count). The third kappa shape index (κ3) is 3.13. The molecule has 0 bridgehead atoms. The summed E-state index contributed by atoms with van der Waals surface area (Å²) in [6, 6.07) is 5.30. The lowest BCUT2D eigenvalue weighted by molar-refractivity contribution is -0.141. The van der Waals surface area contributed by atoms with Crippen molar-refractivity contribution in [3.63, 3.8) is 0 Å². The van der Waals surface area contributed by atoms with Crippen LogP contribution in [0.25, 0.3) is 0 Å². The largest absolute Gasteiger partial charge is 0.495 e. The molecule has 0 aliphatic heterocycles. The molecule has 0 unspecified atom stereocenters. The van der Waals surface area contributed by atoms with Crippen LogP contribution in [0.15, 0.2) is 18.2 Å². The van der Waals surface area contributed by atoms with Gasteiger partial charge in [0.15, 0.2) is 0 Å². The van der Waals surface area contributed by atoms with Crippen molar-refractivity contribution in [1.82, 2.24) is 0 Å². The van der Waals surface area contributed by atoms with Crippen molar-refractivity contribution < 1.29 is 14.6 Å². The average molecular weight is 229 g/mol. The van der Waals surface area contributed by atoms with Gasteiger partial charge in [0, 0.05) is 0 Å². The second-order valence-electron chi connectivity index (χ2n) is 3.41. The number of hydrogen-bond acceptors (Lipinski definition) is 2. The number of hydrogen-bond donors (Lipinski definition) is 1. The molecule has 15 heavy (non-hydrogen) atoms. The van der Waals surface area contributed by atoms with Gasteiger partial charge in [-0.15, -0.1) is 0 Å². The summed E-state index contributed by atoms with van der Waals surface area (Å²) in [4.78, 5) is 10.7. The summed E-state index contributed by atoms with van der Waals surface area (Å²) in [7, 11) is 1.54. The Morgan fingerprint density at radius 3 is 2.73 bits per heavy atom. The van der Waals surface area contributed by atoms with Crippen molar-refractivity contribution in [3.05, 3.63) is 28.8 Å². The van der Waals surface area contributed by atoms with E-state index in [1.807, 2.05) is 6.07 Å². The zero-order valence-electron chi connectivity index (χ0n) is 8.66. The highest BCUT2D eigenvalue weighted by atomic mass is 35.5. The average Bonchev–Trinajstić information content (AvgIpc) is 2.18. The molecule has 1 aromatic rings. The van der Waals surface area contributed by atoms with E-state index < -0.39 is 11.9 Å². The summed E-state index contributed by atoms with van der Waals surface area (Å²) >= 11 is 5.92. The van der Waals surface area contributed by atoms with Crippen LogP contribution in [0.4, 0.5) is 0 Å². The monoisotopic (exact) mass is 228 g/mol. The lowest BCUT2D eigenvalue weighted by Gasteiger charge is -2.08. The van der Waals surface area contributed by atoms with E-state index >= 15 is 0 Å². The van der Waals surface area contributed by atoms with Crippen LogP contribution in [-0.2, 0) is 11.2 Å². The predicted octanol–water partition coefficient (Wildman–Crippen LogP) is 2.61. The van der Waals surface area contributed by atoms with Gasteiger partial charge in [-0.3, -0.25) is 4.79 Å². The van der Waals surface area contributed by atoms with Gasteiger partial charge in [-0.1, -0.05) is 24.6 Å². The molecular formula is C11H13ClO3. The molecular weight excluding hydrogens is 216 g/mol. The van der Waals surface area contributed by atoms with E-state index in [0.717, 1.165) is 5.56 Å². The van der Waals surface area contributed by atoms with Crippen molar-refractivity contribution in [2.45, 2.75) is 13.3 Å². The first-order valence-electron chi connectivity index (χ1n) is 4.59. The minimum atomic E-state index is -0.804. The topological polar surface area (TPSA) is 46.5 Å². The third-order valence-corrected chi connectivity index (χ3v) is 2.48. The van der Waals surface area contributed by atoms with Crippen molar-refractivity contribution in [3.8, 4) is 5.75 Å². The second kappa shape index (κ2) is 5.03. The fourth-order valence-electron chi connectivity index (χ4n) is 1.28. The summed E-state index contributed by atoms with van der Waals surface area (Å²) in [5, 5.41) is 9.26. The predicted molar refractivity (Wildman–Crippen MR) is 58.5 cm³/mol. The van der Waals surface area contributed by atoms with E-state index in [-0.39, 0.29) is 0 Å². The van der Waals surface area contributed by atoms with E-state index in [1.165, 1.54) is 0 Å². The lowest BCUT2D eigenvalue weighted by Crippen LogP contribution is -2.12. The molecule has 4 heteroatoms. The summed E-state index contributed by atoms with van der Waals surface area (Å²) in [6.45, 7) is 1.67. The van der Waals surface area contributed by atoms with Crippen LogP contribution in [-0.4, -0.2) is 18.2 Å². The maximum atomic E-state index is 10.7. The number of carboxylic acid groups (broad SMARTS) is 1. The molecule has 0 aliphatic rings. The molecule has 0 amide bonds. The molecule has 0 saturated carbocycles. The fourth-order valence-corrected chi connectivity index (χ4v) is 1.56. The second-order valence-corrected chi connectivity index (χ2v) is 3.82. The quantitative estimate of drug-likeness (QED) is 0.862. The molecule has 3 nitrogen and oxygen atoms in total. The molecule has 1 aromatic carbocycles. The smallest absolute Gasteiger partial charge is 0.306 e. The minimum Gasteiger partial charge on any atom is -0.495 e. The molecule has 0 fully saturated rings. The first-order chi connectivity index (χ1) is 7.04. The molecule has 0 radical (unpaired) electrons. The van der Waals surface area contributed by atoms with Crippen LogP contribution < -0.4 is 4.74 Å². The Kier molecular flexibility index (Phi) is 3.97. The fraction of sp³-hybridized carbons (Fsp3) is 0.364. The highest BCUT2D eigenvalue weighted by Crippen LogP contribution is 2.25. The molecule has 0 heterocycles. The number of methoxy groups -OCH3 is 1. The molecule has 0 aliphatic carbocycles. The Bertz CT molecular complexity index is 363. The third-order valence-electron chi connectivity index (χ3n) is 2.18. The van der Waals surface area contributed by atoms with Gasteiger partial charge in [-0.25, -0.2) is 0 Å². The van der Waals surface area contributed by atoms with E-state index in [0.29, 0.717) is 17.2 Å². The molecule has 0 aromatic heterocycles. The van der Waals surface area contributed by atoms with E-state index in [9.17, 15) is 4.79 Å². The molecule has 1 N–H and O–H groups in total. The van der Waals surface area contributed by atoms with E-state index in [2.05, 4.69) is 0 Å². The maximum absolute atomic E-state index is 10.7. The number of rotatable bonds is 4. The van der Waals surface area contributed by atoms with Crippen molar-refractivity contribution >= 4 is 17.6 Å². The minimum absolute atomic E-state index is 0.408. The number of carboxylic acids is 1. The number of carbonyl (C=O) groups is 1. The van der Waals surface area contributed by atoms with Gasteiger partial charge < -0.3 is 9.84 Å². The van der Waals surface area contributed by atoms with Crippen LogP contribution in [0.5, 0.6) is 5.75 Å². The van der Waals surface area contributed by atoms with Crippen LogP contribution in [0.2, 0.25) is 5.02 Å². The van der Waals surface area contributed by atoms with E-state index in [1.54, 1.807) is 26.2 Å². The van der Waals surface area contributed by atoms with Gasteiger partial charge in [-0.05, 0) is 24.1 Å². The van der Waals surface area contributed by atoms with E-state index in [4.69, 9.17) is 21.4 Å². The van der Waals surface area contributed by atoms with Gasteiger partial charge in [0.2, 0.25) is 0 Å². The van der Waals surface area contributed by atoms with Gasteiger partial charge in [0.1, 0.15) is 5.75 Å². The summed E-state index contributed by atoms with van der Waals surface area (Å²) in [5.41, 5.74) is 0.899. The zero-order valence-corrected chi connectivity index (χ0v) is 9.41. The Morgan fingerprint density at radius 2 is 2.27 bits per heavy atom. The van der Waals surface area contributed by atoms with Crippen molar-refractivity contribution in [1.29, 1.82) is 0 Å².